The number of phenolic OH excluding ortho intramolecular Hbond substituents is 2. The molecule has 2 N–H and O–H groups in total. The van der Waals surface area contributed by atoms with Crippen molar-refractivity contribution in [2.45, 2.75) is 219 Å². The Labute approximate surface area is 392 Å². The molecule has 0 aliphatic heterocycles. The van der Waals surface area contributed by atoms with Gasteiger partial charge in [-0.25, -0.2) is 0 Å². The van der Waals surface area contributed by atoms with Crippen molar-refractivity contribution in [1.82, 2.24) is 0 Å². The van der Waals surface area contributed by atoms with Crippen LogP contribution in [0.25, 0.3) is 0 Å². The van der Waals surface area contributed by atoms with E-state index in [1.165, 1.54) is 138 Å². The molecule has 8 rings (SSSR count). The van der Waals surface area contributed by atoms with Gasteiger partial charge in [0.05, 0.1) is 0 Å². The van der Waals surface area contributed by atoms with Crippen LogP contribution in [-0.2, 0) is 36.6 Å². The predicted octanol–water partition coefficient (Wildman–Crippen LogP) is 14.1. The molecule has 360 valence electrons. The normalized spacial score (nSPS) is 33.2. The van der Waals surface area contributed by atoms with Crippen molar-refractivity contribution in [1.29, 1.82) is 0 Å². The van der Waals surface area contributed by atoms with Crippen LogP contribution in [0.2, 0.25) is 0 Å². The van der Waals surface area contributed by atoms with Gasteiger partial charge < -0.3 is 24.4 Å². The number of fused-ring (bicyclic) bond motifs is 10. The molecule has 6 aliphatic rings. The molecular weight excluding hydrogens is 809 g/mol. The summed E-state index contributed by atoms with van der Waals surface area (Å²) in [6.07, 6.45) is 31.6. The summed E-state index contributed by atoms with van der Waals surface area (Å²) in [4.78, 5) is 24.0. The Kier molecular flexibility index (Phi) is 16.3. The topological polar surface area (TPSA) is 102 Å². The molecule has 4 fully saturated rings. The maximum Gasteiger partial charge on any atom is 0.302 e. The average molecular weight is 895 g/mol. The van der Waals surface area contributed by atoms with Crippen LogP contribution < -0.4 is 0 Å². The molecule has 7 nitrogen and oxygen atoms in total. The summed E-state index contributed by atoms with van der Waals surface area (Å²) < 4.78 is 17.9. The highest BCUT2D eigenvalue weighted by atomic mass is 16.5. The van der Waals surface area contributed by atoms with E-state index in [0.717, 1.165) is 64.6 Å². The summed E-state index contributed by atoms with van der Waals surface area (Å²) in [5.74, 6) is 5.44. The number of unbranched alkanes of at least 4 members (excludes halogenated alkanes) is 12. The minimum absolute atomic E-state index is 0.0587. The molecule has 2 aromatic carbocycles. The Bertz CT molecular complexity index is 1760. The van der Waals surface area contributed by atoms with Crippen molar-refractivity contribution >= 4 is 11.9 Å². The van der Waals surface area contributed by atoms with Gasteiger partial charge in [-0.1, -0.05) is 103 Å². The molecule has 4 saturated carbocycles. The van der Waals surface area contributed by atoms with Crippen LogP contribution >= 0.6 is 0 Å². The Morgan fingerprint density at radius 1 is 0.538 bits per heavy atom. The third kappa shape index (κ3) is 11.0. The molecule has 0 spiro atoms. The van der Waals surface area contributed by atoms with Gasteiger partial charge in [0, 0.05) is 37.9 Å². The number of phenols is 2. The van der Waals surface area contributed by atoms with Crippen LogP contribution in [0.3, 0.4) is 0 Å². The fourth-order valence-electron chi connectivity index (χ4n) is 15.9. The van der Waals surface area contributed by atoms with Gasteiger partial charge in [-0.05, 0) is 184 Å². The maximum atomic E-state index is 12.0. The van der Waals surface area contributed by atoms with E-state index in [4.69, 9.17) is 14.2 Å². The number of carbonyl (C=O) groups is 2. The fraction of sp³-hybridized carbons (Fsp3) is 0.759. The molecule has 0 radical (unpaired) electrons. The van der Waals surface area contributed by atoms with Crippen LogP contribution in [-0.4, -0.2) is 47.6 Å². The van der Waals surface area contributed by atoms with Crippen molar-refractivity contribution < 1.29 is 34.0 Å². The summed E-state index contributed by atoms with van der Waals surface area (Å²) in [6, 6.07) is 12.3. The molecular formula is C58H86O7. The average Bonchev–Trinajstić information content (AvgIpc) is 3.78. The van der Waals surface area contributed by atoms with Crippen LogP contribution in [0.15, 0.2) is 36.4 Å². The first-order valence-electron chi connectivity index (χ1n) is 27.0. The van der Waals surface area contributed by atoms with E-state index in [9.17, 15) is 19.8 Å². The molecule has 0 unspecified atom stereocenters. The lowest BCUT2D eigenvalue weighted by Crippen LogP contribution is -2.48. The molecule has 6 aliphatic carbocycles. The van der Waals surface area contributed by atoms with Crippen molar-refractivity contribution in [3.63, 3.8) is 0 Å². The van der Waals surface area contributed by atoms with Gasteiger partial charge in [-0.15, -0.1) is 0 Å². The van der Waals surface area contributed by atoms with Gasteiger partial charge in [-0.3, -0.25) is 9.59 Å². The van der Waals surface area contributed by atoms with Crippen LogP contribution in [0, 0.1) is 46.3 Å². The van der Waals surface area contributed by atoms with Crippen molar-refractivity contribution in [2.75, 3.05) is 13.2 Å². The van der Waals surface area contributed by atoms with E-state index in [0.29, 0.717) is 58.8 Å². The van der Waals surface area contributed by atoms with E-state index < -0.39 is 0 Å². The number of benzene rings is 2. The zero-order valence-corrected chi connectivity index (χ0v) is 41.0. The highest BCUT2D eigenvalue weighted by Crippen LogP contribution is 2.65. The van der Waals surface area contributed by atoms with E-state index in [1.807, 2.05) is 24.3 Å². The zero-order valence-electron chi connectivity index (χ0n) is 41.0. The Morgan fingerprint density at radius 2 is 0.923 bits per heavy atom. The first-order valence-corrected chi connectivity index (χ1v) is 27.0. The summed E-state index contributed by atoms with van der Waals surface area (Å²) >= 11 is 0. The SMILES string of the molecule is CC(=O)O[C@H]1CC[C@H]2[C@@H]3[C@@H](CCCCCCCCCOCCCCCCCCC[C@H]4Cc5cc(O)ccc5[C@H]5CC[C@]6(C)[C@@H](OC(C)=O)CC[C@H]6[C@H]45)Cc4cc(O)ccc4[C@H]3CC[C@]12C. The second kappa shape index (κ2) is 21.9. The summed E-state index contributed by atoms with van der Waals surface area (Å²) in [5, 5.41) is 20.7. The van der Waals surface area contributed by atoms with Gasteiger partial charge in [0.2, 0.25) is 0 Å². The Morgan fingerprint density at radius 3 is 1.32 bits per heavy atom. The largest absolute Gasteiger partial charge is 0.508 e. The maximum absolute atomic E-state index is 12.0. The van der Waals surface area contributed by atoms with E-state index in [1.54, 1.807) is 13.8 Å². The van der Waals surface area contributed by atoms with Gasteiger partial charge in [0.25, 0.3) is 0 Å². The van der Waals surface area contributed by atoms with Crippen molar-refractivity contribution in [2.24, 2.45) is 46.3 Å². The second-order valence-electron chi connectivity index (χ2n) is 22.9. The number of ether oxygens (including phenoxy) is 3. The molecule has 0 saturated heterocycles. The lowest BCUT2D eigenvalue weighted by molar-refractivity contribution is -0.156. The summed E-state index contributed by atoms with van der Waals surface area (Å²) in [6.45, 7) is 9.77. The number of esters is 2. The summed E-state index contributed by atoms with van der Waals surface area (Å²) in [5.41, 5.74) is 5.87. The molecule has 7 heteroatoms. The van der Waals surface area contributed by atoms with Gasteiger partial charge in [-0.2, -0.15) is 0 Å². The standard InChI is InChI=1S/C58H86O7/c1-39(59)64-53-27-25-51-55-41(35-43-37-45(61)21-23-47(43)49(55)29-31-57(51,53)3)19-15-11-7-5-9-13-17-33-63-34-18-14-10-6-8-12-16-20-42-36-44-38-46(62)22-24-48(44)50-30-32-58(4)52(56(42)50)26-28-54(58)65-40(2)60/h21-24,37-38,41-42,49-56,61-62H,5-20,25-36H2,1-4H3/t41-,42-,49+,50+,51-,52-,53-,54-,55+,56+,57-,58-/m0/s1. The molecule has 0 bridgehead atoms. The Balaban J connectivity index is 0.660. The third-order valence-corrected chi connectivity index (χ3v) is 18.9. The van der Waals surface area contributed by atoms with Crippen LogP contribution in [0.5, 0.6) is 11.5 Å². The predicted molar refractivity (Wildman–Crippen MR) is 259 cm³/mol. The highest BCUT2D eigenvalue weighted by molar-refractivity contribution is 5.66. The summed E-state index contributed by atoms with van der Waals surface area (Å²) in [7, 11) is 0. The minimum atomic E-state index is -0.132. The highest BCUT2D eigenvalue weighted by Gasteiger charge is 2.59. The van der Waals surface area contributed by atoms with Crippen LogP contribution in [0.1, 0.15) is 216 Å². The Hall–Kier alpha value is -3.06. The second-order valence-corrected chi connectivity index (χ2v) is 22.9. The van der Waals surface area contributed by atoms with E-state index in [-0.39, 0.29) is 35.0 Å². The van der Waals surface area contributed by atoms with Crippen LogP contribution in [0.4, 0.5) is 0 Å². The smallest absolute Gasteiger partial charge is 0.302 e. The third-order valence-electron chi connectivity index (χ3n) is 18.9. The zero-order chi connectivity index (χ0) is 45.6. The minimum Gasteiger partial charge on any atom is -0.508 e. The molecule has 0 amide bonds. The number of hydrogen-bond donors (Lipinski definition) is 2. The first-order chi connectivity index (χ1) is 31.5. The first kappa shape index (κ1) is 48.4. The monoisotopic (exact) mass is 895 g/mol. The molecule has 12 atom stereocenters. The fourth-order valence-corrected chi connectivity index (χ4v) is 15.9. The quantitative estimate of drug-likeness (QED) is 0.0896. The van der Waals surface area contributed by atoms with Gasteiger partial charge in [0.15, 0.2) is 0 Å². The number of aromatic hydroxyl groups is 2. The lowest BCUT2D eigenvalue weighted by atomic mass is 9.52. The van der Waals surface area contributed by atoms with Crippen molar-refractivity contribution in [3.8, 4) is 11.5 Å². The van der Waals surface area contributed by atoms with Crippen molar-refractivity contribution in [3.05, 3.63) is 58.7 Å². The number of hydrogen-bond acceptors (Lipinski definition) is 7. The number of carbonyl (C=O) groups excluding carboxylic acids is 2. The lowest BCUT2D eigenvalue weighted by Gasteiger charge is -2.53. The van der Waals surface area contributed by atoms with Gasteiger partial charge >= 0.3 is 11.9 Å². The van der Waals surface area contributed by atoms with E-state index in [2.05, 4.69) is 26.0 Å². The molecule has 0 aromatic heterocycles. The number of rotatable bonds is 22. The molecule has 2 aromatic rings. The molecule has 65 heavy (non-hydrogen) atoms. The van der Waals surface area contributed by atoms with Gasteiger partial charge in [0.1, 0.15) is 23.7 Å². The molecule has 0 heterocycles. The van der Waals surface area contributed by atoms with E-state index >= 15 is 0 Å².